The van der Waals surface area contributed by atoms with Gasteiger partial charge in [-0.15, -0.1) is 11.3 Å². The Labute approximate surface area is 124 Å². The Morgan fingerprint density at radius 2 is 2.24 bits per heavy atom. The highest BCUT2D eigenvalue weighted by molar-refractivity contribution is 7.09. The van der Waals surface area contributed by atoms with E-state index in [0.717, 1.165) is 16.8 Å². The highest BCUT2D eigenvalue weighted by Crippen LogP contribution is 2.19. The lowest BCUT2D eigenvalue weighted by atomic mass is 10.2. The summed E-state index contributed by atoms with van der Waals surface area (Å²) < 4.78 is 0. The number of carbonyl (C=O) groups is 1. The molecule has 0 unspecified atom stereocenters. The summed E-state index contributed by atoms with van der Waals surface area (Å²) in [4.78, 5) is 31.3. The van der Waals surface area contributed by atoms with Crippen molar-refractivity contribution in [3.05, 3.63) is 44.0 Å². The second-order valence-corrected chi connectivity index (χ2v) is 5.08. The van der Waals surface area contributed by atoms with Crippen molar-refractivity contribution in [2.45, 2.75) is 13.5 Å². The molecule has 0 saturated heterocycles. The minimum Gasteiger partial charge on any atom is -0.372 e. The number of nitrogens with one attached hydrogen (secondary N) is 2. The molecule has 0 spiro atoms. The summed E-state index contributed by atoms with van der Waals surface area (Å²) in [6.45, 7) is 2.17. The monoisotopic (exact) mass is 307 g/mol. The number of hydrogen-bond donors (Lipinski definition) is 2. The van der Waals surface area contributed by atoms with Gasteiger partial charge in [0, 0.05) is 18.0 Å². The molecule has 0 bridgehead atoms. The molecule has 0 aromatic carbocycles. The van der Waals surface area contributed by atoms with Crippen molar-refractivity contribution < 1.29 is 9.72 Å². The Kier molecular flexibility index (Phi) is 4.43. The van der Waals surface area contributed by atoms with Crippen LogP contribution in [0.3, 0.4) is 0 Å². The summed E-state index contributed by atoms with van der Waals surface area (Å²) >= 11 is 1.44. The second kappa shape index (κ2) is 6.27. The van der Waals surface area contributed by atoms with Crippen molar-refractivity contribution in [1.29, 1.82) is 0 Å². The predicted octanol–water partition coefficient (Wildman–Crippen LogP) is 1.73. The van der Waals surface area contributed by atoms with E-state index in [-0.39, 0.29) is 11.3 Å². The predicted molar refractivity (Wildman–Crippen MR) is 78.5 cm³/mol. The Bertz CT molecular complexity index is 685. The summed E-state index contributed by atoms with van der Waals surface area (Å²) in [5.41, 5.74) is 2.46. The first kappa shape index (κ1) is 14.9. The van der Waals surface area contributed by atoms with E-state index < -0.39 is 10.8 Å². The van der Waals surface area contributed by atoms with Crippen molar-refractivity contribution in [1.82, 2.24) is 15.3 Å². The lowest BCUT2D eigenvalue weighted by Gasteiger charge is -2.08. The first-order valence-corrected chi connectivity index (χ1v) is 6.90. The average Bonchev–Trinajstić information content (AvgIpc) is 2.89. The summed E-state index contributed by atoms with van der Waals surface area (Å²) in [6.07, 6.45) is 1.11. The lowest BCUT2D eigenvalue weighted by molar-refractivity contribution is -0.385. The Morgan fingerprint density at radius 3 is 2.81 bits per heavy atom. The SMILES string of the molecule is CNc1ncc([N+](=O)[O-])cc1C(=O)NCc1scnc1C. The third kappa shape index (κ3) is 3.31. The van der Waals surface area contributed by atoms with Gasteiger partial charge in [-0.05, 0) is 6.92 Å². The van der Waals surface area contributed by atoms with E-state index in [1.165, 1.54) is 17.4 Å². The van der Waals surface area contributed by atoms with E-state index in [1.54, 1.807) is 12.6 Å². The average molecular weight is 307 g/mol. The first-order chi connectivity index (χ1) is 10.0. The van der Waals surface area contributed by atoms with Crippen LogP contribution in [0.5, 0.6) is 0 Å². The molecule has 2 aromatic rings. The number of nitro groups is 1. The summed E-state index contributed by atoms with van der Waals surface area (Å²) in [6, 6.07) is 1.20. The van der Waals surface area contributed by atoms with E-state index in [4.69, 9.17) is 0 Å². The van der Waals surface area contributed by atoms with Crippen LogP contribution in [0.1, 0.15) is 20.9 Å². The number of pyridine rings is 1. The van der Waals surface area contributed by atoms with Gasteiger partial charge in [0.05, 0.1) is 28.2 Å². The van der Waals surface area contributed by atoms with Gasteiger partial charge in [0.15, 0.2) is 0 Å². The molecule has 0 saturated carbocycles. The molecule has 2 heterocycles. The number of thiazole rings is 1. The Balaban J connectivity index is 2.19. The van der Waals surface area contributed by atoms with E-state index in [0.29, 0.717) is 12.4 Å². The molecule has 0 aliphatic heterocycles. The molecule has 0 aliphatic rings. The number of rotatable bonds is 5. The largest absolute Gasteiger partial charge is 0.372 e. The third-order valence-electron chi connectivity index (χ3n) is 2.82. The quantitative estimate of drug-likeness (QED) is 0.643. The third-order valence-corrected chi connectivity index (χ3v) is 3.75. The maximum absolute atomic E-state index is 12.2. The van der Waals surface area contributed by atoms with Crippen molar-refractivity contribution in [2.75, 3.05) is 12.4 Å². The van der Waals surface area contributed by atoms with Gasteiger partial charge in [-0.2, -0.15) is 0 Å². The van der Waals surface area contributed by atoms with Crippen LogP contribution < -0.4 is 10.6 Å². The Morgan fingerprint density at radius 1 is 1.48 bits per heavy atom. The van der Waals surface area contributed by atoms with Crippen LogP contribution in [0.2, 0.25) is 0 Å². The van der Waals surface area contributed by atoms with Crippen LogP contribution in [0.25, 0.3) is 0 Å². The van der Waals surface area contributed by atoms with Gasteiger partial charge in [0.25, 0.3) is 11.6 Å². The smallest absolute Gasteiger partial charge is 0.288 e. The van der Waals surface area contributed by atoms with Crippen LogP contribution in [-0.2, 0) is 6.54 Å². The standard InChI is InChI=1S/C12H13N5O3S/c1-7-10(21-6-16-7)5-15-12(18)9-3-8(17(19)20)4-14-11(9)13-2/h3-4,6H,5H2,1-2H3,(H,13,14)(H,15,18). The maximum Gasteiger partial charge on any atom is 0.288 e. The van der Waals surface area contributed by atoms with E-state index in [2.05, 4.69) is 20.6 Å². The van der Waals surface area contributed by atoms with Crippen LogP contribution in [-0.4, -0.2) is 27.8 Å². The lowest BCUT2D eigenvalue weighted by Crippen LogP contribution is -2.24. The van der Waals surface area contributed by atoms with Crippen LogP contribution >= 0.6 is 11.3 Å². The van der Waals surface area contributed by atoms with Crippen molar-refractivity contribution in [3.63, 3.8) is 0 Å². The van der Waals surface area contributed by atoms with Gasteiger partial charge in [-0.1, -0.05) is 0 Å². The number of nitrogens with zero attached hydrogens (tertiary/aromatic N) is 3. The van der Waals surface area contributed by atoms with Crippen LogP contribution in [0.4, 0.5) is 11.5 Å². The van der Waals surface area contributed by atoms with Gasteiger partial charge < -0.3 is 10.6 Å². The number of anilines is 1. The minimum atomic E-state index is -0.587. The van der Waals surface area contributed by atoms with Crippen LogP contribution in [0, 0.1) is 17.0 Å². The topological polar surface area (TPSA) is 110 Å². The Hall–Kier alpha value is -2.55. The van der Waals surface area contributed by atoms with Gasteiger partial charge in [0.1, 0.15) is 12.0 Å². The van der Waals surface area contributed by atoms with Gasteiger partial charge in [-0.3, -0.25) is 14.9 Å². The maximum atomic E-state index is 12.2. The molecular formula is C12H13N5O3S. The highest BCUT2D eigenvalue weighted by atomic mass is 32.1. The minimum absolute atomic E-state index is 0.133. The van der Waals surface area contributed by atoms with Crippen molar-refractivity contribution in [3.8, 4) is 0 Å². The number of aromatic nitrogens is 2. The highest BCUT2D eigenvalue weighted by Gasteiger charge is 2.17. The van der Waals surface area contributed by atoms with Gasteiger partial charge in [-0.25, -0.2) is 9.97 Å². The zero-order valence-corrected chi connectivity index (χ0v) is 12.2. The summed E-state index contributed by atoms with van der Waals surface area (Å²) in [5, 5.41) is 16.2. The molecule has 0 radical (unpaired) electrons. The molecule has 110 valence electrons. The molecule has 0 atom stereocenters. The van der Waals surface area contributed by atoms with E-state index in [9.17, 15) is 14.9 Å². The molecule has 2 N–H and O–H groups in total. The van der Waals surface area contributed by atoms with Crippen molar-refractivity contribution >= 4 is 28.7 Å². The fourth-order valence-electron chi connectivity index (χ4n) is 1.68. The molecule has 21 heavy (non-hydrogen) atoms. The summed E-state index contributed by atoms with van der Waals surface area (Å²) in [5.74, 6) is -0.137. The molecule has 1 amide bonds. The second-order valence-electron chi connectivity index (χ2n) is 4.14. The number of aryl methyl sites for hydroxylation is 1. The van der Waals surface area contributed by atoms with Gasteiger partial charge >= 0.3 is 0 Å². The first-order valence-electron chi connectivity index (χ1n) is 6.02. The molecule has 0 aliphatic carbocycles. The number of amides is 1. The van der Waals surface area contributed by atoms with Gasteiger partial charge in [0.2, 0.25) is 0 Å². The molecule has 8 nitrogen and oxygen atoms in total. The molecule has 2 rings (SSSR count). The molecular weight excluding hydrogens is 294 g/mol. The molecule has 0 fully saturated rings. The number of hydrogen-bond acceptors (Lipinski definition) is 7. The van der Waals surface area contributed by atoms with E-state index in [1.807, 2.05) is 6.92 Å². The number of carbonyl (C=O) groups excluding carboxylic acids is 1. The van der Waals surface area contributed by atoms with Crippen molar-refractivity contribution in [2.24, 2.45) is 0 Å². The van der Waals surface area contributed by atoms with E-state index >= 15 is 0 Å². The normalized spacial score (nSPS) is 10.2. The summed E-state index contributed by atoms with van der Waals surface area (Å²) in [7, 11) is 1.60. The fourth-order valence-corrected chi connectivity index (χ4v) is 2.39. The zero-order chi connectivity index (χ0) is 15.4. The molecule has 2 aromatic heterocycles. The molecule has 9 heteroatoms. The fraction of sp³-hybridized carbons (Fsp3) is 0.250. The zero-order valence-electron chi connectivity index (χ0n) is 11.4. The van der Waals surface area contributed by atoms with Crippen LogP contribution in [0.15, 0.2) is 17.8 Å².